The highest BCUT2D eigenvalue weighted by atomic mass is 16.5. The fraction of sp³-hybridized carbons (Fsp3) is 0.529. The monoisotopic (exact) mass is 289 g/mol. The largest absolute Gasteiger partial charge is 0.445 e. The minimum absolute atomic E-state index is 0.0431. The molecule has 0 saturated heterocycles. The summed E-state index contributed by atoms with van der Waals surface area (Å²) in [6.45, 7) is 6.65. The molecular weight excluding hydrogens is 266 g/mol. The van der Waals surface area contributed by atoms with Gasteiger partial charge in [0.2, 0.25) is 0 Å². The van der Waals surface area contributed by atoms with Crippen molar-refractivity contribution < 1.29 is 14.3 Å². The van der Waals surface area contributed by atoms with Crippen LogP contribution in [-0.4, -0.2) is 18.4 Å². The van der Waals surface area contributed by atoms with Gasteiger partial charge in [-0.05, 0) is 30.2 Å². The van der Waals surface area contributed by atoms with Crippen molar-refractivity contribution in [3.8, 4) is 0 Å². The second-order valence-corrected chi connectivity index (χ2v) is 6.36. The van der Waals surface area contributed by atoms with Crippen LogP contribution in [0.15, 0.2) is 30.3 Å². The molecule has 0 spiro atoms. The molecule has 0 heterocycles. The number of rotatable bonds is 5. The summed E-state index contributed by atoms with van der Waals surface area (Å²) in [6.07, 6.45) is 0.447. The quantitative estimate of drug-likeness (QED) is 0.906. The molecule has 4 heteroatoms. The number of ether oxygens (including phenoxy) is 1. The minimum atomic E-state index is -0.402. The van der Waals surface area contributed by atoms with Crippen LogP contribution in [0.5, 0.6) is 0 Å². The number of nitrogens with one attached hydrogen (secondary N) is 1. The maximum Gasteiger partial charge on any atom is 0.407 e. The van der Waals surface area contributed by atoms with E-state index < -0.39 is 6.09 Å². The summed E-state index contributed by atoms with van der Waals surface area (Å²) in [6, 6.07) is 9.58. The molecule has 114 valence electrons. The average molecular weight is 289 g/mol. The summed E-state index contributed by atoms with van der Waals surface area (Å²) in [5.41, 5.74) is 0.923. The zero-order valence-electron chi connectivity index (χ0n) is 12.9. The highest BCUT2D eigenvalue weighted by Crippen LogP contribution is 2.51. The van der Waals surface area contributed by atoms with Gasteiger partial charge in [0.25, 0.3) is 0 Å². The molecule has 0 aromatic heterocycles. The van der Waals surface area contributed by atoms with Crippen LogP contribution >= 0.6 is 0 Å². The van der Waals surface area contributed by atoms with Crippen molar-refractivity contribution in [1.29, 1.82) is 0 Å². The second-order valence-electron chi connectivity index (χ2n) is 6.36. The van der Waals surface area contributed by atoms with E-state index in [1.165, 1.54) is 0 Å². The summed E-state index contributed by atoms with van der Waals surface area (Å²) in [5.74, 6) is 0.684. The molecule has 1 saturated carbocycles. The standard InChI is InChI=1S/C17H23NO3/c1-12(19)15-9-14(17(15,2)3)10-18-16(20)21-11-13-7-5-4-6-8-13/h4-8,14-15H,9-11H2,1-3H3,(H,18,20)/t14-,15+/m0/s1. The highest BCUT2D eigenvalue weighted by Gasteiger charge is 2.49. The van der Waals surface area contributed by atoms with Gasteiger partial charge >= 0.3 is 6.09 Å². The minimum Gasteiger partial charge on any atom is -0.445 e. The van der Waals surface area contributed by atoms with E-state index in [0.29, 0.717) is 12.5 Å². The summed E-state index contributed by atoms with van der Waals surface area (Å²) >= 11 is 0. The van der Waals surface area contributed by atoms with Crippen LogP contribution in [0.2, 0.25) is 0 Å². The Kier molecular flexibility index (Phi) is 4.66. The fourth-order valence-corrected chi connectivity index (χ4v) is 3.03. The third-order valence-corrected chi connectivity index (χ3v) is 4.67. The lowest BCUT2D eigenvalue weighted by Gasteiger charge is -2.51. The first kappa shape index (κ1) is 15.5. The Balaban J connectivity index is 1.72. The molecule has 1 aliphatic carbocycles. The molecule has 2 rings (SSSR count). The molecule has 21 heavy (non-hydrogen) atoms. The van der Waals surface area contributed by atoms with Gasteiger partial charge in [0.1, 0.15) is 12.4 Å². The lowest BCUT2D eigenvalue weighted by Crippen LogP contribution is -2.52. The number of ketones is 1. The van der Waals surface area contributed by atoms with Crippen LogP contribution in [0, 0.1) is 17.3 Å². The molecular formula is C17H23NO3. The van der Waals surface area contributed by atoms with Crippen molar-refractivity contribution in [2.24, 2.45) is 17.3 Å². The molecule has 0 aliphatic heterocycles. The summed E-state index contributed by atoms with van der Waals surface area (Å²) in [5, 5.41) is 2.80. The van der Waals surface area contributed by atoms with E-state index in [4.69, 9.17) is 4.74 Å². The maximum absolute atomic E-state index is 11.7. The van der Waals surface area contributed by atoms with Gasteiger partial charge in [-0.25, -0.2) is 4.79 Å². The number of carbonyl (C=O) groups excluding carboxylic acids is 2. The lowest BCUT2D eigenvalue weighted by atomic mass is 9.53. The van der Waals surface area contributed by atoms with Gasteiger partial charge in [-0.2, -0.15) is 0 Å². The fourth-order valence-electron chi connectivity index (χ4n) is 3.03. The van der Waals surface area contributed by atoms with Gasteiger partial charge in [-0.1, -0.05) is 44.2 Å². The number of Topliss-reactive ketones (excluding diaryl/α,β-unsaturated/α-hetero) is 1. The molecule has 1 fully saturated rings. The molecule has 4 nitrogen and oxygen atoms in total. The van der Waals surface area contributed by atoms with Gasteiger partial charge in [0, 0.05) is 12.5 Å². The molecule has 0 unspecified atom stereocenters. The molecule has 1 aromatic carbocycles. The topological polar surface area (TPSA) is 55.4 Å². The Morgan fingerprint density at radius 3 is 2.52 bits per heavy atom. The summed E-state index contributed by atoms with van der Waals surface area (Å²) in [4.78, 5) is 23.2. The van der Waals surface area contributed by atoms with E-state index in [1.54, 1.807) is 6.92 Å². The Labute approximate surface area is 125 Å². The smallest absolute Gasteiger partial charge is 0.407 e. The van der Waals surface area contributed by atoms with Crippen LogP contribution < -0.4 is 5.32 Å². The van der Waals surface area contributed by atoms with Crippen LogP contribution in [-0.2, 0) is 16.1 Å². The number of amides is 1. The first-order valence-corrected chi connectivity index (χ1v) is 7.36. The molecule has 2 atom stereocenters. The van der Waals surface area contributed by atoms with Gasteiger partial charge < -0.3 is 10.1 Å². The molecule has 1 aromatic rings. The summed E-state index contributed by atoms with van der Waals surface area (Å²) < 4.78 is 5.17. The molecule has 1 amide bonds. The first-order chi connectivity index (χ1) is 9.91. The van der Waals surface area contributed by atoms with Gasteiger partial charge in [-0.3, -0.25) is 4.79 Å². The normalized spacial score (nSPS) is 23.0. The van der Waals surface area contributed by atoms with Crippen molar-refractivity contribution in [1.82, 2.24) is 5.32 Å². The van der Waals surface area contributed by atoms with Crippen molar-refractivity contribution >= 4 is 11.9 Å². The van der Waals surface area contributed by atoms with E-state index in [0.717, 1.165) is 12.0 Å². The van der Waals surface area contributed by atoms with Crippen LogP contribution in [0.4, 0.5) is 4.79 Å². The van der Waals surface area contributed by atoms with E-state index in [9.17, 15) is 9.59 Å². The number of hydrogen-bond acceptors (Lipinski definition) is 3. The molecule has 0 bridgehead atoms. The van der Waals surface area contributed by atoms with Crippen LogP contribution in [0.25, 0.3) is 0 Å². The Hall–Kier alpha value is -1.84. The first-order valence-electron chi connectivity index (χ1n) is 7.36. The predicted molar refractivity (Wildman–Crippen MR) is 80.7 cm³/mol. The average Bonchev–Trinajstić information content (AvgIpc) is 2.44. The van der Waals surface area contributed by atoms with E-state index in [2.05, 4.69) is 19.2 Å². The Morgan fingerprint density at radius 2 is 1.95 bits per heavy atom. The number of hydrogen-bond donors (Lipinski definition) is 1. The number of benzene rings is 1. The summed E-state index contributed by atoms with van der Waals surface area (Å²) in [7, 11) is 0. The van der Waals surface area contributed by atoms with Gasteiger partial charge in [0.05, 0.1) is 0 Å². The van der Waals surface area contributed by atoms with E-state index >= 15 is 0 Å². The van der Waals surface area contributed by atoms with E-state index in [1.807, 2.05) is 30.3 Å². The zero-order chi connectivity index (χ0) is 15.5. The Bertz CT molecular complexity index is 510. The molecule has 1 aliphatic rings. The van der Waals surface area contributed by atoms with Crippen molar-refractivity contribution in [2.45, 2.75) is 33.8 Å². The SMILES string of the molecule is CC(=O)[C@H]1C[C@@H](CNC(=O)OCc2ccccc2)C1(C)C. The highest BCUT2D eigenvalue weighted by molar-refractivity contribution is 5.80. The third-order valence-electron chi connectivity index (χ3n) is 4.67. The van der Waals surface area contributed by atoms with Gasteiger partial charge in [-0.15, -0.1) is 0 Å². The molecule has 1 N–H and O–H groups in total. The Morgan fingerprint density at radius 1 is 1.29 bits per heavy atom. The molecule has 0 radical (unpaired) electrons. The second kappa shape index (κ2) is 6.29. The number of carbonyl (C=O) groups is 2. The van der Waals surface area contributed by atoms with E-state index in [-0.39, 0.29) is 23.7 Å². The zero-order valence-corrected chi connectivity index (χ0v) is 12.9. The van der Waals surface area contributed by atoms with Crippen molar-refractivity contribution in [2.75, 3.05) is 6.54 Å². The third kappa shape index (κ3) is 3.63. The lowest BCUT2D eigenvalue weighted by molar-refractivity contribution is -0.135. The van der Waals surface area contributed by atoms with Crippen molar-refractivity contribution in [3.05, 3.63) is 35.9 Å². The maximum atomic E-state index is 11.7. The van der Waals surface area contributed by atoms with Gasteiger partial charge in [0.15, 0.2) is 0 Å². The number of alkyl carbamates (subject to hydrolysis) is 1. The van der Waals surface area contributed by atoms with Crippen LogP contribution in [0.1, 0.15) is 32.8 Å². The predicted octanol–water partition coefficient (Wildman–Crippen LogP) is 3.16. The van der Waals surface area contributed by atoms with Crippen LogP contribution in [0.3, 0.4) is 0 Å². The van der Waals surface area contributed by atoms with Crippen molar-refractivity contribution in [3.63, 3.8) is 0 Å².